The van der Waals surface area contributed by atoms with Gasteiger partial charge in [-0.2, -0.15) is 0 Å². The van der Waals surface area contributed by atoms with Crippen LogP contribution in [0.4, 0.5) is 0 Å². The van der Waals surface area contributed by atoms with Crippen molar-refractivity contribution in [3.63, 3.8) is 0 Å². The number of ether oxygens (including phenoxy) is 1. The molecule has 2 nitrogen and oxygen atoms in total. The van der Waals surface area contributed by atoms with Crippen molar-refractivity contribution < 1.29 is 9.53 Å². The van der Waals surface area contributed by atoms with Gasteiger partial charge in [-0.25, -0.2) is 0 Å². The van der Waals surface area contributed by atoms with Crippen LogP contribution in [-0.2, 0) is 4.79 Å². The minimum Gasteiger partial charge on any atom is -0.427 e. The molecule has 0 saturated carbocycles. The minimum atomic E-state index is -0.229. The molecule has 1 aromatic carbocycles. The van der Waals surface area contributed by atoms with Crippen LogP contribution in [-0.4, -0.2) is 5.97 Å². The van der Waals surface area contributed by atoms with Crippen LogP contribution >= 0.6 is 15.9 Å². The van der Waals surface area contributed by atoms with E-state index in [1.54, 1.807) is 18.2 Å². The van der Waals surface area contributed by atoms with Gasteiger partial charge in [0.25, 0.3) is 0 Å². The number of esters is 1. The zero-order chi connectivity index (χ0) is 10.4. The van der Waals surface area contributed by atoms with Gasteiger partial charge < -0.3 is 4.74 Å². The van der Waals surface area contributed by atoms with Crippen LogP contribution in [0.2, 0.25) is 0 Å². The molecular weight excluding hydrogens is 244 g/mol. The van der Waals surface area contributed by atoms with E-state index in [1.807, 2.05) is 12.1 Å². The van der Waals surface area contributed by atoms with Crippen LogP contribution in [0.1, 0.15) is 12.8 Å². The Morgan fingerprint density at radius 1 is 1.43 bits per heavy atom. The van der Waals surface area contributed by atoms with E-state index >= 15 is 0 Å². The van der Waals surface area contributed by atoms with Gasteiger partial charge in [-0.15, -0.1) is 6.58 Å². The summed E-state index contributed by atoms with van der Waals surface area (Å²) in [5, 5.41) is 0. The van der Waals surface area contributed by atoms with Crippen LogP contribution in [0.5, 0.6) is 5.75 Å². The third-order valence-electron chi connectivity index (χ3n) is 1.60. The normalized spacial score (nSPS) is 9.50. The summed E-state index contributed by atoms with van der Waals surface area (Å²) in [6.45, 7) is 3.54. The van der Waals surface area contributed by atoms with Crippen molar-refractivity contribution in [3.05, 3.63) is 41.4 Å². The van der Waals surface area contributed by atoms with E-state index in [2.05, 4.69) is 22.5 Å². The zero-order valence-electron chi connectivity index (χ0n) is 7.70. The molecule has 0 atom stereocenters. The largest absolute Gasteiger partial charge is 0.427 e. The Kier molecular flexibility index (Phi) is 4.40. The highest BCUT2D eigenvalue weighted by Gasteiger charge is 2.02. The van der Waals surface area contributed by atoms with Crippen LogP contribution in [0.15, 0.2) is 41.4 Å². The number of allylic oxidation sites excluding steroid dienone is 1. The number of benzene rings is 1. The van der Waals surface area contributed by atoms with E-state index in [0.29, 0.717) is 18.6 Å². The second-order valence-corrected chi connectivity index (χ2v) is 3.67. The fourth-order valence-corrected chi connectivity index (χ4v) is 1.17. The quantitative estimate of drug-likeness (QED) is 0.468. The first-order valence-corrected chi connectivity index (χ1v) is 5.09. The van der Waals surface area contributed by atoms with E-state index in [9.17, 15) is 4.79 Å². The smallest absolute Gasteiger partial charge is 0.311 e. The second kappa shape index (κ2) is 5.60. The van der Waals surface area contributed by atoms with Crippen molar-refractivity contribution in [3.8, 4) is 5.75 Å². The molecule has 0 aliphatic rings. The summed E-state index contributed by atoms with van der Waals surface area (Å²) in [6.07, 6.45) is 2.72. The van der Waals surface area contributed by atoms with Gasteiger partial charge in [0, 0.05) is 10.9 Å². The van der Waals surface area contributed by atoms with Crippen molar-refractivity contribution in [1.82, 2.24) is 0 Å². The molecule has 0 spiro atoms. The summed E-state index contributed by atoms with van der Waals surface area (Å²) in [7, 11) is 0. The number of rotatable bonds is 4. The number of halogens is 1. The molecule has 0 unspecified atom stereocenters. The Hall–Kier alpha value is -1.09. The number of carbonyl (C=O) groups is 1. The lowest BCUT2D eigenvalue weighted by molar-refractivity contribution is -0.134. The average Bonchev–Trinajstić information content (AvgIpc) is 2.18. The van der Waals surface area contributed by atoms with E-state index in [1.165, 1.54) is 0 Å². The van der Waals surface area contributed by atoms with Crippen LogP contribution in [0, 0.1) is 0 Å². The first-order chi connectivity index (χ1) is 6.72. The molecule has 0 amide bonds. The number of hydrogen-bond acceptors (Lipinski definition) is 2. The summed E-state index contributed by atoms with van der Waals surface area (Å²) in [5.74, 6) is 0.342. The first kappa shape index (κ1) is 11.0. The third kappa shape index (κ3) is 3.75. The lowest BCUT2D eigenvalue weighted by Crippen LogP contribution is -2.06. The van der Waals surface area contributed by atoms with E-state index < -0.39 is 0 Å². The summed E-state index contributed by atoms with van der Waals surface area (Å²) >= 11 is 3.30. The van der Waals surface area contributed by atoms with Crippen molar-refractivity contribution in [2.45, 2.75) is 12.8 Å². The molecule has 0 radical (unpaired) electrons. The Bertz CT molecular complexity index is 317. The number of hydrogen-bond donors (Lipinski definition) is 0. The topological polar surface area (TPSA) is 26.3 Å². The van der Waals surface area contributed by atoms with Gasteiger partial charge in [-0.3, -0.25) is 4.79 Å². The Labute approximate surface area is 91.7 Å². The van der Waals surface area contributed by atoms with E-state index in [0.717, 1.165) is 4.47 Å². The fraction of sp³-hybridized carbons (Fsp3) is 0.182. The van der Waals surface area contributed by atoms with Gasteiger partial charge in [0.2, 0.25) is 0 Å². The molecule has 0 fully saturated rings. The zero-order valence-corrected chi connectivity index (χ0v) is 9.29. The Morgan fingerprint density at radius 2 is 2.07 bits per heavy atom. The van der Waals surface area contributed by atoms with Gasteiger partial charge in [0.15, 0.2) is 0 Å². The van der Waals surface area contributed by atoms with Crippen molar-refractivity contribution in [2.24, 2.45) is 0 Å². The third-order valence-corrected chi connectivity index (χ3v) is 2.13. The van der Waals surface area contributed by atoms with E-state index in [-0.39, 0.29) is 5.97 Å². The molecule has 0 aliphatic carbocycles. The molecule has 1 aromatic rings. The molecule has 0 saturated heterocycles. The number of carbonyl (C=O) groups excluding carboxylic acids is 1. The van der Waals surface area contributed by atoms with Crippen molar-refractivity contribution >= 4 is 21.9 Å². The molecular formula is C11H11BrO2. The summed E-state index contributed by atoms with van der Waals surface area (Å²) in [6, 6.07) is 7.15. The van der Waals surface area contributed by atoms with E-state index in [4.69, 9.17) is 4.74 Å². The Balaban J connectivity index is 2.47. The van der Waals surface area contributed by atoms with Gasteiger partial charge >= 0.3 is 5.97 Å². The highest BCUT2D eigenvalue weighted by atomic mass is 79.9. The molecule has 0 bridgehead atoms. The summed E-state index contributed by atoms with van der Waals surface area (Å²) in [4.78, 5) is 11.2. The van der Waals surface area contributed by atoms with Gasteiger partial charge in [-0.05, 0) is 30.7 Å². The SMILES string of the molecule is C=CCCC(=O)Oc1ccc(Br)cc1. The van der Waals surface area contributed by atoms with Crippen LogP contribution < -0.4 is 4.74 Å². The fourth-order valence-electron chi connectivity index (χ4n) is 0.905. The van der Waals surface area contributed by atoms with Crippen molar-refractivity contribution in [1.29, 1.82) is 0 Å². The lowest BCUT2D eigenvalue weighted by Gasteiger charge is -2.02. The molecule has 14 heavy (non-hydrogen) atoms. The van der Waals surface area contributed by atoms with Crippen LogP contribution in [0.3, 0.4) is 0 Å². The molecule has 0 heterocycles. The van der Waals surface area contributed by atoms with Gasteiger partial charge in [-0.1, -0.05) is 22.0 Å². The predicted molar refractivity (Wildman–Crippen MR) is 59.2 cm³/mol. The van der Waals surface area contributed by atoms with Gasteiger partial charge in [0.1, 0.15) is 5.75 Å². The Morgan fingerprint density at radius 3 is 2.64 bits per heavy atom. The van der Waals surface area contributed by atoms with Crippen molar-refractivity contribution in [2.75, 3.05) is 0 Å². The molecule has 1 rings (SSSR count). The molecule has 74 valence electrons. The standard InChI is InChI=1S/C11H11BrO2/c1-2-3-4-11(13)14-10-7-5-9(12)6-8-10/h2,5-8H,1,3-4H2. The molecule has 0 aromatic heterocycles. The second-order valence-electron chi connectivity index (χ2n) is 2.76. The molecule has 0 aliphatic heterocycles. The summed E-state index contributed by atoms with van der Waals surface area (Å²) in [5.41, 5.74) is 0. The van der Waals surface area contributed by atoms with Crippen LogP contribution in [0.25, 0.3) is 0 Å². The maximum atomic E-state index is 11.2. The predicted octanol–water partition coefficient (Wildman–Crippen LogP) is 3.32. The maximum Gasteiger partial charge on any atom is 0.311 e. The lowest BCUT2D eigenvalue weighted by atomic mass is 10.3. The minimum absolute atomic E-state index is 0.229. The van der Waals surface area contributed by atoms with Gasteiger partial charge in [0.05, 0.1) is 0 Å². The molecule has 0 N–H and O–H groups in total. The highest BCUT2D eigenvalue weighted by Crippen LogP contribution is 2.16. The summed E-state index contributed by atoms with van der Waals surface area (Å²) < 4.78 is 6.03. The monoisotopic (exact) mass is 254 g/mol. The maximum absolute atomic E-state index is 11.2. The first-order valence-electron chi connectivity index (χ1n) is 4.29. The average molecular weight is 255 g/mol. The highest BCUT2D eigenvalue weighted by molar-refractivity contribution is 9.10. The molecule has 3 heteroatoms.